The highest BCUT2D eigenvalue weighted by molar-refractivity contribution is 5.08. The van der Waals surface area contributed by atoms with Crippen LogP contribution in [0.25, 0.3) is 0 Å². The van der Waals surface area contributed by atoms with Gasteiger partial charge in [0.15, 0.2) is 5.82 Å². The van der Waals surface area contributed by atoms with E-state index in [2.05, 4.69) is 37.2 Å². The highest BCUT2D eigenvalue weighted by Gasteiger charge is 2.29. The second-order valence-electron chi connectivity index (χ2n) is 6.58. The second kappa shape index (κ2) is 6.16. The number of H-pyrrole nitrogens is 1. The zero-order valence-corrected chi connectivity index (χ0v) is 12.7. The van der Waals surface area contributed by atoms with Gasteiger partial charge in [0.25, 0.3) is 0 Å². The van der Waals surface area contributed by atoms with Gasteiger partial charge >= 0.3 is 0 Å². The molecule has 0 aromatic carbocycles. The summed E-state index contributed by atoms with van der Waals surface area (Å²) in [5.74, 6) is 3.02. The number of hydrogen-bond donors (Lipinski definition) is 2. The molecule has 2 aliphatic carbocycles. The van der Waals surface area contributed by atoms with Crippen LogP contribution in [0.15, 0.2) is 10.6 Å². The molecule has 2 atom stereocenters. The Morgan fingerprint density at radius 2 is 2.14 bits per heavy atom. The monoisotopic (exact) mass is 302 g/mol. The fraction of sp³-hybridized carbons (Fsp3) is 0.733. The molecule has 2 aromatic heterocycles. The summed E-state index contributed by atoms with van der Waals surface area (Å²) in [6.07, 6.45) is 8.45. The van der Waals surface area contributed by atoms with E-state index in [1.54, 1.807) is 0 Å². The molecule has 0 saturated heterocycles. The molecule has 2 unspecified atom stereocenters. The Morgan fingerprint density at radius 1 is 1.23 bits per heavy atom. The van der Waals surface area contributed by atoms with E-state index in [1.807, 2.05) is 0 Å². The fourth-order valence-corrected chi connectivity index (χ4v) is 3.39. The highest BCUT2D eigenvalue weighted by atomic mass is 16.5. The van der Waals surface area contributed by atoms with Gasteiger partial charge in [0.1, 0.15) is 5.76 Å². The van der Waals surface area contributed by atoms with Gasteiger partial charge in [-0.3, -0.25) is 0 Å². The molecule has 7 heteroatoms. The Balaban J connectivity index is 1.35. The highest BCUT2D eigenvalue weighted by Crippen LogP contribution is 2.33. The number of hydrogen-bond acceptors (Lipinski definition) is 6. The van der Waals surface area contributed by atoms with Crippen molar-refractivity contribution in [2.24, 2.45) is 5.92 Å². The summed E-state index contributed by atoms with van der Waals surface area (Å²) in [6, 6.07) is 2.48. The first-order valence-electron chi connectivity index (χ1n) is 8.29. The summed E-state index contributed by atoms with van der Waals surface area (Å²) in [5, 5.41) is 22.4. The first-order chi connectivity index (χ1) is 10.9. The van der Waals surface area contributed by atoms with Gasteiger partial charge in [0, 0.05) is 31.0 Å². The van der Waals surface area contributed by atoms with Crippen LogP contribution in [0.4, 0.5) is 0 Å². The zero-order valence-electron chi connectivity index (χ0n) is 12.7. The van der Waals surface area contributed by atoms with Crippen LogP contribution in [0.1, 0.15) is 61.7 Å². The number of aromatic nitrogens is 5. The third kappa shape index (κ3) is 3.19. The molecular formula is C15H22N6O. The average molecular weight is 302 g/mol. The quantitative estimate of drug-likeness (QED) is 0.847. The Morgan fingerprint density at radius 3 is 2.95 bits per heavy atom. The minimum absolute atomic E-state index is 0.338. The normalized spacial score (nSPS) is 25.5. The summed E-state index contributed by atoms with van der Waals surface area (Å²) >= 11 is 0. The largest absolute Gasteiger partial charge is 0.361 e. The molecule has 0 bridgehead atoms. The first kappa shape index (κ1) is 13.9. The van der Waals surface area contributed by atoms with Gasteiger partial charge in [-0.05, 0) is 31.6 Å². The second-order valence-corrected chi connectivity index (χ2v) is 6.58. The van der Waals surface area contributed by atoms with Crippen molar-refractivity contribution in [3.63, 3.8) is 0 Å². The standard InChI is InChI=1S/C15H22N6O/c1-2-4-14(13(3-1)15-17-20-21-18-15)16-9-11-8-12(22-19-11)7-10-5-6-10/h8,10,13-14,16H,1-7,9H2,(H,17,18,20,21). The van der Waals surface area contributed by atoms with E-state index in [4.69, 9.17) is 4.52 Å². The van der Waals surface area contributed by atoms with Crippen LogP contribution < -0.4 is 5.32 Å². The summed E-state index contributed by atoms with van der Waals surface area (Å²) < 4.78 is 5.42. The number of tetrazole rings is 1. The molecule has 2 saturated carbocycles. The van der Waals surface area contributed by atoms with Crippen molar-refractivity contribution in [1.82, 2.24) is 31.1 Å². The van der Waals surface area contributed by atoms with Crippen LogP contribution in [0.2, 0.25) is 0 Å². The molecule has 2 N–H and O–H groups in total. The van der Waals surface area contributed by atoms with Crippen molar-refractivity contribution < 1.29 is 4.52 Å². The van der Waals surface area contributed by atoms with Gasteiger partial charge in [-0.1, -0.05) is 23.2 Å². The zero-order chi connectivity index (χ0) is 14.8. The van der Waals surface area contributed by atoms with Crippen LogP contribution in [0.5, 0.6) is 0 Å². The van der Waals surface area contributed by atoms with Gasteiger partial charge in [0.05, 0.1) is 5.69 Å². The molecule has 2 aromatic rings. The molecule has 22 heavy (non-hydrogen) atoms. The molecule has 0 amide bonds. The van der Waals surface area contributed by atoms with E-state index >= 15 is 0 Å². The lowest BCUT2D eigenvalue weighted by Crippen LogP contribution is -2.37. The van der Waals surface area contributed by atoms with E-state index < -0.39 is 0 Å². The van der Waals surface area contributed by atoms with Crippen LogP contribution in [0.3, 0.4) is 0 Å². The maximum atomic E-state index is 5.42. The molecule has 2 heterocycles. The fourth-order valence-electron chi connectivity index (χ4n) is 3.39. The van der Waals surface area contributed by atoms with E-state index in [0.717, 1.165) is 49.0 Å². The SMILES string of the molecule is c1c(CNC2CCCCC2c2nn[nH]n2)noc1CC1CC1. The van der Waals surface area contributed by atoms with Crippen molar-refractivity contribution in [3.05, 3.63) is 23.3 Å². The van der Waals surface area contributed by atoms with E-state index in [1.165, 1.54) is 25.7 Å². The molecule has 7 nitrogen and oxygen atoms in total. The molecule has 118 valence electrons. The Hall–Kier alpha value is -1.76. The molecule has 2 aliphatic rings. The lowest BCUT2D eigenvalue weighted by molar-refractivity contribution is 0.311. The first-order valence-corrected chi connectivity index (χ1v) is 8.29. The van der Waals surface area contributed by atoms with Crippen molar-refractivity contribution in [2.45, 2.75) is 63.5 Å². The van der Waals surface area contributed by atoms with Crippen LogP contribution in [-0.4, -0.2) is 31.8 Å². The van der Waals surface area contributed by atoms with Gasteiger partial charge in [-0.15, -0.1) is 10.2 Å². The maximum absolute atomic E-state index is 5.42. The summed E-state index contributed by atoms with van der Waals surface area (Å²) in [4.78, 5) is 0. The third-order valence-electron chi connectivity index (χ3n) is 4.80. The number of rotatable bonds is 6. The molecule has 4 rings (SSSR count). The molecule has 0 radical (unpaired) electrons. The minimum Gasteiger partial charge on any atom is -0.361 e. The summed E-state index contributed by atoms with van der Waals surface area (Å²) in [5.41, 5.74) is 0.994. The van der Waals surface area contributed by atoms with Crippen molar-refractivity contribution in [3.8, 4) is 0 Å². The topological polar surface area (TPSA) is 92.5 Å². The minimum atomic E-state index is 0.338. The van der Waals surface area contributed by atoms with E-state index in [0.29, 0.717) is 12.0 Å². The number of aromatic amines is 1. The molecule has 0 spiro atoms. The predicted octanol–water partition coefficient (Wildman–Crippen LogP) is 1.96. The summed E-state index contributed by atoms with van der Waals surface area (Å²) in [6.45, 7) is 0.743. The van der Waals surface area contributed by atoms with Crippen LogP contribution >= 0.6 is 0 Å². The number of nitrogens with one attached hydrogen (secondary N) is 2. The van der Waals surface area contributed by atoms with Gasteiger partial charge in [0.2, 0.25) is 0 Å². The lowest BCUT2D eigenvalue weighted by atomic mass is 9.84. The average Bonchev–Trinajstić information content (AvgIpc) is 3.03. The van der Waals surface area contributed by atoms with Gasteiger partial charge in [-0.25, -0.2) is 0 Å². The van der Waals surface area contributed by atoms with Crippen LogP contribution in [-0.2, 0) is 13.0 Å². The van der Waals surface area contributed by atoms with Crippen molar-refractivity contribution in [2.75, 3.05) is 0 Å². The number of nitrogens with zero attached hydrogens (tertiary/aromatic N) is 4. The molecule has 2 fully saturated rings. The smallest absolute Gasteiger partial charge is 0.179 e. The lowest BCUT2D eigenvalue weighted by Gasteiger charge is -2.29. The van der Waals surface area contributed by atoms with E-state index in [9.17, 15) is 0 Å². The van der Waals surface area contributed by atoms with Crippen LogP contribution in [0, 0.1) is 5.92 Å². The third-order valence-corrected chi connectivity index (χ3v) is 4.80. The predicted molar refractivity (Wildman–Crippen MR) is 78.9 cm³/mol. The summed E-state index contributed by atoms with van der Waals surface area (Å²) in [7, 11) is 0. The maximum Gasteiger partial charge on any atom is 0.179 e. The Bertz CT molecular complexity index is 591. The molecule has 0 aliphatic heterocycles. The van der Waals surface area contributed by atoms with Crippen molar-refractivity contribution in [1.29, 1.82) is 0 Å². The molecular weight excluding hydrogens is 280 g/mol. The van der Waals surface area contributed by atoms with Gasteiger partial charge in [-0.2, -0.15) is 5.21 Å². The van der Waals surface area contributed by atoms with Gasteiger partial charge < -0.3 is 9.84 Å². The Kier molecular flexibility index (Phi) is 3.88. The Labute approximate surface area is 129 Å². The van der Waals surface area contributed by atoms with E-state index in [-0.39, 0.29) is 0 Å². The van der Waals surface area contributed by atoms with Crippen molar-refractivity contribution >= 4 is 0 Å².